The third-order valence-electron chi connectivity index (χ3n) is 3.33. The lowest BCUT2D eigenvalue weighted by Gasteiger charge is -2.16. The molecule has 5 heteroatoms. The van der Waals surface area contributed by atoms with Crippen LogP contribution in [0.1, 0.15) is 45.4 Å². The molecule has 1 aliphatic carbocycles. The molecule has 0 heterocycles. The third-order valence-corrected chi connectivity index (χ3v) is 3.33. The molecule has 0 aromatic rings. The molecule has 0 spiro atoms. The number of nitrogens with one attached hydrogen (secondary N) is 1. The standard InChI is InChI=1S/C12H22N2O3/c1-2-3-4-10(13)11(15)14-9-6-5-8(7-9)12(16)17/h8-10H,2-7,13H2,1H3,(H,14,15)(H,16,17)/t8-,9+,10?/m1/s1. The molecular formula is C12H22N2O3. The number of carboxylic acids is 1. The Kier molecular flexibility index (Phi) is 5.41. The molecule has 0 saturated heterocycles. The summed E-state index contributed by atoms with van der Waals surface area (Å²) >= 11 is 0. The second-order valence-electron chi connectivity index (χ2n) is 4.80. The van der Waals surface area contributed by atoms with E-state index in [1.54, 1.807) is 0 Å². The van der Waals surface area contributed by atoms with Crippen molar-refractivity contribution in [1.29, 1.82) is 0 Å². The van der Waals surface area contributed by atoms with Crippen LogP contribution in [0.15, 0.2) is 0 Å². The summed E-state index contributed by atoms with van der Waals surface area (Å²) in [5.74, 6) is -1.22. The fraction of sp³-hybridized carbons (Fsp3) is 0.833. The van der Waals surface area contributed by atoms with E-state index in [0.29, 0.717) is 19.3 Å². The van der Waals surface area contributed by atoms with Gasteiger partial charge >= 0.3 is 5.97 Å². The molecule has 1 saturated carbocycles. The maximum atomic E-state index is 11.7. The van der Waals surface area contributed by atoms with Crippen molar-refractivity contribution in [2.45, 2.75) is 57.5 Å². The Morgan fingerprint density at radius 3 is 2.71 bits per heavy atom. The van der Waals surface area contributed by atoms with Gasteiger partial charge in [-0.05, 0) is 25.7 Å². The number of unbranched alkanes of at least 4 members (excludes halogenated alkanes) is 1. The van der Waals surface area contributed by atoms with Crippen LogP contribution in [-0.2, 0) is 9.59 Å². The van der Waals surface area contributed by atoms with Crippen molar-refractivity contribution in [3.05, 3.63) is 0 Å². The minimum Gasteiger partial charge on any atom is -0.481 e. The smallest absolute Gasteiger partial charge is 0.306 e. The van der Waals surface area contributed by atoms with Crippen molar-refractivity contribution in [3.63, 3.8) is 0 Å². The Morgan fingerprint density at radius 1 is 1.47 bits per heavy atom. The van der Waals surface area contributed by atoms with E-state index < -0.39 is 12.0 Å². The molecule has 0 radical (unpaired) electrons. The predicted octanol–water partition coefficient (Wildman–Crippen LogP) is 0.873. The molecule has 17 heavy (non-hydrogen) atoms. The zero-order valence-electron chi connectivity index (χ0n) is 10.3. The predicted molar refractivity (Wildman–Crippen MR) is 64.4 cm³/mol. The van der Waals surface area contributed by atoms with Gasteiger partial charge in [-0.1, -0.05) is 19.8 Å². The lowest BCUT2D eigenvalue weighted by Crippen LogP contribution is -2.44. The van der Waals surface area contributed by atoms with E-state index in [1.165, 1.54) is 0 Å². The molecule has 1 aliphatic rings. The maximum Gasteiger partial charge on any atom is 0.306 e. The highest BCUT2D eigenvalue weighted by molar-refractivity contribution is 5.82. The Balaban J connectivity index is 2.30. The van der Waals surface area contributed by atoms with Crippen LogP contribution in [0.5, 0.6) is 0 Å². The Hall–Kier alpha value is -1.10. The molecule has 4 N–H and O–H groups in total. The summed E-state index contributed by atoms with van der Waals surface area (Å²) in [6, 6.07) is -0.477. The zero-order valence-corrected chi connectivity index (χ0v) is 10.3. The molecule has 0 aliphatic heterocycles. The lowest BCUT2D eigenvalue weighted by molar-refractivity contribution is -0.141. The van der Waals surface area contributed by atoms with Crippen LogP contribution in [0.2, 0.25) is 0 Å². The summed E-state index contributed by atoms with van der Waals surface area (Å²) in [7, 11) is 0. The molecule has 98 valence electrons. The fourth-order valence-corrected chi connectivity index (χ4v) is 2.20. The number of carbonyl (C=O) groups is 2. The molecule has 0 aromatic carbocycles. The Labute approximate surface area is 102 Å². The summed E-state index contributed by atoms with van der Waals surface area (Å²) in [6.45, 7) is 2.05. The van der Waals surface area contributed by atoms with Gasteiger partial charge in [-0.25, -0.2) is 0 Å². The largest absolute Gasteiger partial charge is 0.481 e. The molecule has 0 bridgehead atoms. The number of nitrogens with two attached hydrogens (primary N) is 1. The summed E-state index contributed by atoms with van der Waals surface area (Å²) in [6.07, 6.45) is 4.56. The highest BCUT2D eigenvalue weighted by Gasteiger charge is 2.31. The molecule has 1 fully saturated rings. The van der Waals surface area contributed by atoms with Gasteiger partial charge in [0.05, 0.1) is 12.0 Å². The van der Waals surface area contributed by atoms with Crippen molar-refractivity contribution in [2.75, 3.05) is 0 Å². The zero-order chi connectivity index (χ0) is 12.8. The first-order chi connectivity index (χ1) is 8.04. The van der Waals surface area contributed by atoms with E-state index in [9.17, 15) is 9.59 Å². The SMILES string of the molecule is CCCCC(N)C(=O)N[C@H]1CC[C@@H](C(=O)O)C1. The second-order valence-corrected chi connectivity index (χ2v) is 4.80. The van der Waals surface area contributed by atoms with Crippen LogP contribution < -0.4 is 11.1 Å². The van der Waals surface area contributed by atoms with Crippen molar-refractivity contribution in [3.8, 4) is 0 Å². The van der Waals surface area contributed by atoms with Gasteiger partial charge in [-0.2, -0.15) is 0 Å². The topological polar surface area (TPSA) is 92.4 Å². The van der Waals surface area contributed by atoms with Crippen LogP contribution in [0, 0.1) is 5.92 Å². The molecule has 5 nitrogen and oxygen atoms in total. The highest BCUT2D eigenvalue weighted by Crippen LogP contribution is 2.25. The number of rotatable bonds is 6. The van der Waals surface area contributed by atoms with E-state index in [4.69, 9.17) is 10.8 Å². The normalized spacial score (nSPS) is 25.5. The number of carboxylic acid groups (broad SMARTS) is 1. The van der Waals surface area contributed by atoms with Crippen molar-refractivity contribution >= 4 is 11.9 Å². The second kappa shape index (κ2) is 6.59. The summed E-state index contributed by atoms with van der Waals surface area (Å²) < 4.78 is 0. The van der Waals surface area contributed by atoms with Crippen molar-refractivity contribution < 1.29 is 14.7 Å². The van der Waals surface area contributed by atoms with Gasteiger partial charge in [-0.15, -0.1) is 0 Å². The molecular weight excluding hydrogens is 220 g/mol. The van der Waals surface area contributed by atoms with E-state index in [2.05, 4.69) is 12.2 Å². The highest BCUT2D eigenvalue weighted by atomic mass is 16.4. The molecule has 1 unspecified atom stereocenters. The van der Waals surface area contributed by atoms with Crippen LogP contribution in [0.4, 0.5) is 0 Å². The van der Waals surface area contributed by atoms with Gasteiger partial charge in [-0.3, -0.25) is 9.59 Å². The third kappa shape index (κ3) is 4.34. The molecule has 3 atom stereocenters. The van der Waals surface area contributed by atoms with Gasteiger partial charge in [0, 0.05) is 6.04 Å². The number of amides is 1. The van der Waals surface area contributed by atoms with Gasteiger partial charge in [0.2, 0.25) is 5.91 Å². The minimum absolute atomic E-state index is 0.0173. The van der Waals surface area contributed by atoms with Crippen molar-refractivity contribution in [1.82, 2.24) is 5.32 Å². The van der Waals surface area contributed by atoms with E-state index in [0.717, 1.165) is 19.3 Å². The average molecular weight is 242 g/mol. The Bertz CT molecular complexity index is 281. The molecule has 0 aromatic heterocycles. The van der Waals surface area contributed by atoms with Crippen LogP contribution in [0.3, 0.4) is 0 Å². The first-order valence-corrected chi connectivity index (χ1v) is 6.33. The molecule has 1 rings (SSSR count). The molecule has 1 amide bonds. The summed E-state index contributed by atoms with van der Waals surface area (Å²) in [5, 5.41) is 11.7. The average Bonchev–Trinajstić information content (AvgIpc) is 2.74. The first-order valence-electron chi connectivity index (χ1n) is 6.33. The summed E-state index contributed by atoms with van der Waals surface area (Å²) in [5.41, 5.74) is 5.75. The van der Waals surface area contributed by atoms with Crippen LogP contribution >= 0.6 is 0 Å². The van der Waals surface area contributed by atoms with E-state index >= 15 is 0 Å². The van der Waals surface area contributed by atoms with Gasteiger partial charge < -0.3 is 16.2 Å². The van der Waals surface area contributed by atoms with Gasteiger partial charge in [0.1, 0.15) is 0 Å². The first kappa shape index (κ1) is 14.0. The fourth-order valence-electron chi connectivity index (χ4n) is 2.20. The monoisotopic (exact) mass is 242 g/mol. The van der Waals surface area contributed by atoms with Crippen molar-refractivity contribution in [2.24, 2.45) is 11.7 Å². The number of hydrogen-bond donors (Lipinski definition) is 3. The van der Waals surface area contributed by atoms with Gasteiger partial charge in [0.15, 0.2) is 0 Å². The Morgan fingerprint density at radius 2 is 2.18 bits per heavy atom. The van der Waals surface area contributed by atoms with Crippen LogP contribution in [0.25, 0.3) is 0 Å². The van der Waals surface area contributed by atoms with E-state index in [-0.39, 0.29) is 17.9 Å². The van der Waals surface area contributed by atoms with Crippen LogP contribution in [-0.4, -0.2) is 29.1 Å². The number of hydrogen-bond acceptors (Lipinski definition) is 3. The van der Waals surface area contributed by atoms with E-state index in [1.807, 2.05) is 0 Å². The lowest BCUT2D eigenvalue weighted by atomic mass is 10.1. The van der Waals surface area contributed by atoms with Gasteiger partial charge in [0.25, 0.3) is 0 Å². The summed E-state index contributed by atoms with van der Waals surface area (Å²) in [4.78, 5) is 22.5. The maximum absolute atomic E-state index is 11.7. The number of carbonyl (C=O) groups excluding carboxylic acids is 1. The number of aliphatic carboxylic acids is 1. The minimum atomic E-state index is -0.767. The quantitative estimate of drug-likeness (QED) is 0.644.